The van der Waals surface area contributed by atoms with E-state index in [0.29, 0.717) is 0 Å². The van der Waals surface area contributed by atoms with Crippen molar-refractivity contribution in [2.75, 3.05) is 5.75 Å². The number of carboxylic acid groups (broad SMARTS) is 1. The monoisotopic (exact) mass is 322 g/mol. The highest BCUT2D eigenvalue weighted by atomic mass is 79.9. The first-order valence-corrected chi connectivity index (χ1v) is 6.77. The van der Waals surface area contributed by atoms with E-state index in [-0.39, 0.29) is 10.0 Å². The van der Waals surface area contributed by atoms with Crippen LogP contribution in [0, 0.1) is 5.82 Å². The van der Waals surface area contributed by atoms with Crippen molar-refractivity contribution in [3.05, 3.63) is 40.6 Å². The van der Waals surface area contributed by atoms with E-state index in [1.807, 2.05) is 0 Å². The second-order valence-corrected chi connectivity index (χ2v) is 6.31. The largest absolute Gasteiger partial charge is 0.478 e. The normalized spacial score (nSPS) is 11.2. The lowest BCUT2D eigenvalue weighted by molar-refractivity contribution is 0.0696. The third-order valence-corrected chi connectivity index (χ3v) is 4.22. The van der Waals surface area contributed by atoms with Crippen LogP contribution in [0.4, 0.5) is 4.39 Å². The molecule has 0 bridgehead atoms. The molecule has 1 rings (SSSR count). The van der Waals surface area contributed by atoms with Gasteiger partial charge < -0.3 is 5.11 Å². The number of halogens is 2. The minimum atomic E-state index is -3.93. The lowest BCUT2D eigenvalue weighted by atomic mass is 10.2. The van der Waals surface area contributed by atoms with Crippen LogP contribution < -0.4 is 0 Å². The first kappa shape index (κ1) is 13.9. The number of carbonyl (C=O) groups is 1. The number of rotatable bonds is 4. The van der Waals surface area contributed by atoms with Crippen molar-refractivity contribution in [2.24, 2.45) is 0 Å². The summed E-state index contributed by atoms with van der Waals surface area (Å²) in [5, 5.41) is 8.70. The molecule has 0 heterocycles. The maximum absolute atomic E-state index is 13.4. The van der Waals surface area contributed by atoms with E-state index in [9.17, 15) is 17.6 Å². The van der Waals surface area contributed by atoms with Crippen LogP contribution in [0.15, 0.2) is 34.2 Å². The molecule has 0 radical (unpaired) electrons. The van der Waals surface area contributed by atoms with E-state index in [1.165, 1.54) is 0 Å². The Labute approximate surface area is 106 Å². The number of hydrogen-bond acceptors (Lipinski definition) is 3. The Morgan fingerprint density at radius 1 is 1.47 bits per heavy atom. The number of benzene rings is 1. The zero-order chi connectivity index (χ0) is 13.2. The van der Waals surface area contributed by atoms with E-state index in [4.69, 9.17) is 5.11 Å². The van der Waals surface area contributed by atoms with Gasteiger partial charge in [0.25, 0.3) is 0 Å². The van der Waals surface area contributed by atoms with Gasteiger partial charge in [0.15, 0.2) is 9.84 Å². The van der Waals surface area contributed by atoms with Crippen molar-refractivity contribution in [1.82, 2.24) is 0 Å². The highest BCUT2D eigenvalue weighted by Gasteiger charge is 2.21. The fourth-order valence-corrected chi connectivity index (χ4v) is 3.30. The predicted molar refractivity (Wildman–Crippen MR) is 63.5 cm³/mol. The van der Waals surface area contributed by atoms with Gasteiger partial charge in [0.05, 0.1) is 11.3 Å². The van der Waals surface area contributed by atoms with Crippen LogP contribution in [0.5, 0.6) is 0 Å². The molecule has 0 atom stereocenters. The van der Waals surface area contributed by atoms with Crippen molar-refractivity contribution < 1.29 is 22.7 Å². The van der Waals surface area contributed by atoms with Crippen molar-refractivity contribution in [1.29, 1.82) is 0 Å². The minimum absolute atomic E-state index is 0.164. The molecule has 1 aromatic rings. The smallest absolute Gasteiger partial charge is 0.335 e. The van der Waals surface area contributed by atoms with Gasteiger partial charge in [0, 0.05) is 4.48 Å². The molecule has 0 aliphatic carbocycles. The molecule has 1 N–H and O–H groups in total. The fourth-order valence-electron chi connectivity index (χ4n) is 1.16. The molecule has 7 heteroatoms. The summed E-state index contributed by atoms with van der Waals surface area (Å²) in [6.45, 7) is 3.35. The summed E-state index contributed by atoms with van der Waals surface area (Å²) < 4.78 is 37.0. The first-order valence-electron chi connectivity index (χ1n) is 4.33. The van der Waals surface area contributed by atoms with Gasteiger partial charge in [-0.1, -0.05) is 22.5 Å². The third kappa shape index (κ3) is 3.37. The standard InChI is InChI=1S/C10H8BrFO4S/c1-6(11)5-17(15,16)9-4-7(10(13)14)2-3-8(9)12/h2-4H,1,5H2,(H,13,14). The first-order chi connectivity index (χ1) is 7.74. The number of carboxylic acids is 1. The summed E-state index contributed by atoms with van der Waals surface area (Å²) in [7, 11) is -3.93. The highest BCUT2D eigenvalue weighted by Crippen LogP contribution is 2.20. The molecule has 0 aromatic heterocycles. The van der Waals surface area contributed by atoms with Crippen molar-refractivity contribution >= 4 is 31.7 Å². The van der Waals surface area contributed by atoms with E-state index in [0.717, 1.165) is 18.2 Å². The second kappa shape index (κ2) is 4.97. The van der Waals surface area contributed by atoms with E-state index >= 15 is 0 Å². The van der Waals surface area contributed by atoms with Crippen molar-refractivity contribution in [2.45, 2.75) is 4.90 Å². The number of hydrogen-bond donors (Lipinski definition) is 1. The molecule has 17 heavy (non-hydrogen) atoms. The summed E-state index contributed by atoms with van der Waals surface area (Å²) in [4.78, 5) is 10.0. The quantitative estimate of drug-likeness (QED) is 0.922. The Bertz CT molecular complexity index is 580. The molecule has 0 unspecified atom stereocenters. The van der Waals surface area contributed by atoms with Gasteiger partial charge in [0.1, 0.15) is 10.7 Å². The van der Waals surface area contributed by atoms with Crippen LogP contribution in [-0.4, -0.2) is 25.2 Å². The topological polar surface area (TPSA) is 71.4 Å². The molecule has 4 nitrogen and oxygen atoms in total. The lowest BCUT2D eigenvalue weighted by Crippen LogP contribution is -2.10. The van der Waals surface area contributed by atoms with Crippen LogP contribution in [0.2, 0.25) is 0 Å². The van der Waals surface area contributed by atoms with Crippen LogP contribution in [0.1, 0.15) is 10.4 Å². The van der Waals surface area contributed by atoms with E-state index in [2.05, 4.69) is 22.5 Å². The molecule has 92 valence electrons. The molecule has 1 aromatic carbocycles. The third-order valence-electron chi connectivity index (χ3n) is 1.86. The summed E-state index contributed by atoms with van der Waals surface area (Å²) in [6, 6.07) is 2.61. The van der Waals surface area contributed by atoms with Crippen LogP contribution in [0.25, 0.3) is 0 Å². The van der Waals surface area contributed by atoms with Gasteiger partial charge in [0.2, 0.25) is 0 Å². The Morgan fingerprint density at radius 2 is 2.06 bits per heavy atom. The molecule has 0 amide bonds. The molecular weight excluding hydrogens is 315 g/mol. The Morgan fingerprint density at radius 3 is 2.53 bits per heavy atom. The molecule has 0 aliphatic rings. The molecule has 0 saturated heterocycles. The van der Waals surface area contributed by atoms with Gasteiger partial charge in [-0.25, -0.2) is 17.6 Å². The summed E-state index contributed by atoms with van der Waals surface area (Å²) >= 11 is 2.87. The average Bonchev–Trinajstić information content (AvgIpc) is 2.15. The highest BCUT2D eigenvalue weighted by molar-refractivity contribution is 9.11. The van der Waals surface area contributed by atoms with Gasteiger partial charge >= 0.3 is 5.97 Å². The summed E-state index contributed by atoms with van der Waals surface area (Å²) in [6.07, 6.45) is 0. The molecule has 0 aliphatic heterocycles. The van der Waals surface area contributed by atoms with Gasteiger partial charge in [-0.3, -0.25) is 0 Å². The van der Waals surface area contributed by atoms with E-state index in [1.54, 1.807) is 0 Å². The lowest BCUT2D eigenvalue weighted by Gasteiger charge is -2.05. The van der Waals surface area contributed by atoms with Crippen LogP contribution in [-0.2, 0) is 9.84 Å². The Hall–Kier alpha value is -1.21. The molecule has 0 saturated carbocycles. The molecular formula is C10H8BrFO4S. The van der Waals surface area contributed by atoms with Gasteiger partial charge in [-0.05, 0) is 18.2 Å². The number of aromatic carboxylic acids is 1. The van der Waals surface area contributed by atoms with Gasteiger partial charge in [-0.2, -0.15) is 0 Å². The SMILES string of the molecule is C=C(Br)CS(=O)(=O)c1cc(C(=O)O)ccc1F. The zero-order valence-electron chi connectivity index (χ0n) is 8.48. The maximum atomic E-state index is 13.4. The number of sulfone groups is 1. The van der Waals surface area contributed by atoms with Crippen LogP contribution >= 0.6 is 15.9 Å². The summed E-state index contributed by atoms with van der Waals surface area (Å²) in [5.41, 5.74) is -0.287. The van der Waals surface area contributed by atoms with Crippen molar-refractivity contribution in [3.63, 3.8) is 0 Å². The predicted octanol–water partition coefficient (Wildman–Crippen LogP) is 2.21. The van der Waals surface area contributed by atoms with Crippen LogP contribution in [0.3, 0.4) is 0 Å². The molecule has 0 spiro atoms. The minimum Gasteiger partial charge on any atom is -0.478 e. The summed E-state index contributed by atoms with van der Waals surface area (Å²) in [5.74, 6) is -2.80. The Balaban J connectivity index is 3.35. The maximum Gasteiger partial charge on any atom is 0.335 e. The molecule has 0 fully saturated rings. The fraction of sp³-hybridized carbons (Fsp3) is 0.100. The van der Waals surface area contributed by atoms with Gasteiger partial charge in [-0.15, -0.1) is 0 Å². The average molecular weight is 323 g/mol. The van der Waals surface area contributed by atoms with Crippen molar-refractivity contribution in [3.8, 4) is 0 Å². The van der Waals surface area contributed by atoms with E-state index < -0.39 is 32.3 Å². The zero-order valence-corrected chi connectivity index (χ0v) is 10.9. The Kier molecular flexibility index (Phi) is 4.05. The second-order valence-electron chi connectivity index (χ2n) is 3.23.